The fourth-order valence-corrected chi connectivity index (χ4v) is 2.63. The summed E-state index contributed by atoms with van der Waals surface area (Å²) in [6, 6.07) is 0. The van der Waals surface area contributed by atoms with Crippen molar-refractivity contribution in [2.45, 2.75) is 18.7 Å². The summed E-state index contributed by atoms with van der Waals surface area (Å²) in [7, 11) is -1.03. The van der Waals surface area contributed by atoms with Crippen LogP contribution >= 0.6 is 0 Å². The maximum absolute atomic E-state index is 11.8. The van der Waals surface area contributed by atoms with Crippen LogP contribution in [-0.2, 0) is 10.8 Å². The van der Waals surface area contributed by atoms with E-state index in [2.05, 4.69) is 9.97 Å². The zero-order chi connectivity index (χ0) is 9.42. The van der Waals surface area contributed by atoms with E-state index in [9.17, 15) is 4.21 Å². The van der Waals surface area contributed by atoms with Crippen molar-refractivity contribution < 1.29 is 4.21 Å². The zero-order valence-electron chi connectivity index (χ0n) is 7.52. The van der Waals surface area contributed by atoms with Crippen LogP contribution in [0.5, 0.6) is 0 Å². The van der Waals surface area contributed by atoms with E-state index in [1.807, 2.05) is 19.9 Å². The van der Waals surface area contributed by atoms with Crippen molar-refractivity contribution in [3.05, 3.63) is 23.1 Å². The molecule has 0 N–H and O–H groups in total. The summed E-state index contributed by atoms with van der Waals surface area (Å²) in [6.45, 7) is 4.06. The Kier molecular flexibility index (Phi) is 2.00. The van der Waals surface area contributed by atoms with Crippen LogP contribution in [-0.4, -0.2) is 14.2 Å². The minimum atomic E-state index is -1.03. The fraction of sp³-hybridized carbons (Fsp3) is 0.333. The van der Waals surface area contributed by atoms with E-state index in [-0.39, 0.29) is 0 Å². The maximum atomic E-state index is 11.8. The molecule has 0 spiro atoms. The molecule has 3 nitrogen and oxygen atoms in total. The Hall–Kier alpha value is -1.03. The maximum Gasteiger partial charge on any atom is 0.116 e. The van der Waals surface area contributed by atoms with E-state index in [1.165, 1.54) is 6.33 Å². The summed E-state index contributed by atoms with van der Waals surface area (Å²) >= 11 is 0. The van der Waals surface area contributed by atoms with Gasteiger partial charge in [0, 0.05) is 11.1 Å². The van der Waals surface area contributed by atoms with Crippen molar-refractivity contribution in [2.24, 2.45) is 5.92 Å². The average Bonchev–Trinajstić information content (AvgIpc) is 2.45. The van der Waals surface area contributed by atoms with Crippen molar-refractivity contribution in [3.63, 3.8) is 0 Å². The number of rotatable bonds is 1. The van der Waals surface area contributed by atoms with Crippen LogP contribution in [0, 0.1) is 5.92 Å². The summed E-state index contributed by atoms with van der Waals surface area (Å²) in [5.74, 6) is 0.301. The van der Waals surface area contributed by atoms with Crippen molar-refractivity contribution in [3.8, 4) is 0 Å². The van der Waals surface area contributed by atoms with Gasteiger partial charge >= 0.3 is 0 Å². The topological polar surface area (TPSA) is 42.9 Å². The van der Waals surface area contributed by atoms with Gasteiger partial charge in [-0.15, -0.1) is 0 Å². The molecular formula is C9H10N2OS. The first-order valence-electron chi connectivity index (χ1n) is 4.13. The van der Waals surface area contributed by atoms with Gasteiger partial charge in [-0.1, -0.05) is 13.8 Å². The zero-order valence-corrected chi connectivity index (χ0v) is 8.34. The fourth-order valence-electron chi connectivity index (χ4n) is 1.27. The predicted octanol–water partition coefficient (Wildman–Crippen LogP) is 1.59. The molecule has 1 aliphatic rings. The van der Waals surface area contributed by atoms with Gasteiger partial charge in [-0.3, -0.25) is 0 Å². The second-order valence-corrected chi connectivity index (χ2v) is 4.69. The summed E-state index contributed by atoms with van der Waals surface area (Å²) in [4.78, 5) is 9.61. The summed E-state index contributed by atoms with van der Waals surface area (Å²) in [6.07, 6.45) is 5.01. The second-order valence-electron chi connectivity index (χ2n) is 3.24. The van der Waals surface area contributed by atoms with Crippen LogP contribution < -0.4 is 0 Å². The Bertz CT molecular complexity index is 398. The quantitative estimate of drug-likeness (QED) is 0.682. The van der Waals surface area contributed by atoms with E-state index in [0.29, 0.717) is 5.92 Å². The molecule has 0 bridgehead atoms. The smallest absolute Gasteiger partial charge is 0.116 e. The second kappa shape index (κ2) is 3.03. The van der Waals surface area contributed by atoms with Crippen molar-refractivity contribution in [1.82, 2.24) is 9.97 Å². The van der Waals surface area contributed by atoms with Gasteiger partial charge in [0.1, 0.15) is 6.33 Å². The molecule has 2 heterocycles. The highest BCUT2D eigenvalue weighted by atomic mass is 32.2. The molecular weight excluding hydrogens is 184 g/mol. The molecule has 0 saturated carbocycles. The minimum Gasteiger partial charge on any atom is -0.249 e. The summed E-state index contributed by atoms with van der Waals surface area (Å²) in [5, 5.41) is 0. The molecule has 1 aliphatic heterocycles. The van der Waals surface area contributed by atoms with Crippen molar-refractivity contribution in [2.75, 3.05) is 0 Å². The molecule has 0 amide bonds. The number of hydrogen-bond acceptors (Lipinski definition) is 3. The molecule has 2 rings (SSSR count). The molecule has 0 aliphatic carbocycles. The van der Waals surface area contributed by atoms with Gasteiger partial charge < -0.3 is 0 Å². The Labute approximate surface area is 79.4 Å². The summed E-state index contributed by atoms with van der Waals surface area (Å²) < 4.78 is 11.8. The number of allylic oxidation sites excluding steroid dienone is 1. The lowest BCUT2D eigenvalue weighted by Crippen LogP contribution is -1.98. The lowest BCUT2D eigenvalue weighted by Gasteiger charge is -2.03. The summed E-state index contributed by atoms with van der Waals surface area (Å²) in [5.41, 5.74) is 0.803. The third-order valence-corrected chi connectivity index (χ3v) is 3.70. The van der Waals surface area contributed by atoms with E-state index >= 15 is 0 Å². The molecule has 68 valence electrons. The van der Waals surface area contributed by atoms with Crippen LogP contribution in [0.15, 0.2) is 22.3 Å². The Morgan fingerprint density at radius 1 is 1.46 bits per heavy atom. The number of aromatic nitrogens is 2. The number of hydrogen-bond donors (Lipinski definition) is 0. The van der Waals surface area contributed by atoms with Gasteiger partial charge in [0.2, 0.25) is 0 Å². The first-order valence-corrected chi connectivity index (χ1v) is 5.28. The van der Waals surface area contributed by atoms with E-state index in [1.54, 1.807) is 6.20 Å². The Morgan fingerprint density at radius 2 is 2.23 bits per heavy atom. The van der Waals surface area contributed by atoms with Crippen LogP contribution in [0.1, 0.15) is 19.5 Å². The lowest BCUT2D eigenvalue weighted by molar-refractivity contribution is 0.681. The highest BCUT2D eigenvalue weighted by Gasteiger charge is 2.23. The monoisotopic (exact) mass is 194 g/mol. The third-order valence-electron chi connectivity index (χ3n) is 1.97. The van der Waals surface area contributed by atoms with Crippen LogP contribution in [0.25, 0.3) is 6.08 Å². The van der Waals surface area contributed by atoms with Gasteiger partial charge in [0.15, 0.2) is 0 Å². The highest BCUT2D eigenvalue weighted by molar-refractivity contribution is 7.89. The van der Waals surface area contributed by atoms with Crippen molar-refractivity contribution in [1.29, 1.82) is 0 Å². The standard InChI is InChI=1S/C9H10N2OS/c1-6(2)8-3-7-9(13(8)12)4-10-5-11-7/h3-6H,1-2H3. The van der Waals surface area contributed by atoms with E-state index in [4.69, 9.17) is 0 Å². The molecule has 0 aromatic carbocycles. The van der Waals surface area contributed by atoms with E-state index in [0.717, 1.165) is 15.5 Å². The molecule has 1 unspecified atom stereocenters. The van der Waals surface area contributed by atoms with Crippen LogP contribution in [0.3, 0.4) is 0 Å². The van der Waals surface area contributed by atoms with Crippen molar-refractivity contribution >= 4 is 16.9 Å². The van der Waals surface area contributed by atoms with Gasteiger partial charge in [0.25, 0.3) is 0 Å². The lowest BCUT2D eigenvalue weighted by atomic mass is 10.2. The third kappa shape index (κ3) is 1.31. The largest absolute Gasteiger partial charge is 0.249 e. The molecule has 1 aromatic heterocycles. The van der Waals surface area contributed by atoms with Gasteiger partial charge in [0.05, 0.1) is 21.4 Å². The normalized spacial score (nSPS) is 20.2. The number of fused-ring (bicyclic) bond motifs is 1. The molecule has 4 heteroatoms. The molecule has 0 saturated heterocycles. The average molecular weight is 194 g/mol. The Morgan fingerprint density at radius 3 is 2.85 bits per heavy atom. The molecule has 1 aromatic rings. The van der Waals surface area contributed by atoms with Gasteiger partial charge in [-0.05, 0) is 12.0 Å². The number of nitrogens with zero attached hydrogens (tertiary/aromatic N) is 2. The molecule has 0 radical (unpaired) electrons. The molecule has 1 atom stereocenters. The first kappa shape index (κ1) is 8.56. The van der Waals surface area contributed by atoms with E-state index < -0.39 is 10.8 Å². The minimum absolute atomic E-state index is 0.301. The SMILES string of the molecule is CC(C)C1=Cc2ncncc2S1=O. The predicted molar refractivity (Wildman–Crippen MR) is 51.3 cm³/mol. The molecule has 0 fully saturated rings. The van der Waals surface area contributed by atoms with Gasteiger partial charge in [-0.25, -0.2) is 14.2 Å². The van der Waals surface area contributed by atoms with Gasteiger partial charge in [-0.2, -0.15) is 0 Å². The Balaban J connectivity index is 2.51. The first-order chi connectivity index (χ1) is 6.20. The van der Waals surface area contributed by atoms with Crippen LogP contribution in [0.2, 0.25) is 0 Å². The molecule has 13 heavy (non-hydrogen) atoms. The highest BCUT2D eigenvalue weighted by Crippen LogP contribution is 2.31. The van der Waals surface area contributed by atoms with Crippen LogP contribution in [0.4, 0.5) is 0 Å².